The van der Waals surface area contributed by atoms with Gasteiger partial charge >= 0.3 is 11.9 Å². The summed E-state index contributed by atoms with van der Waals surface area (Å²) in [5.74, 6) is -2.02. The molecule has 0 bridgehead atoms. The van der Waals surface area contributed by atoms with Crippen LogP contribution >= 0.6 is 0 Å². The quantitative estimate of drug-likeness (QED) is 0.780. The van der Waals surface area contributed by atoms with Gasteiger partial charge in [0, 0.05) is 18.0 Å². The third-order valence-corrected chi connectivity index (χ3v) is 2.21. The molecule has 0 saturated carbocycles. The molecule has 0 aliphatic rings. The van der Waals surface area contributed by atoms with Gasteiger partial charge in [-0.3, -0.25) is 5.10 Å². The van der Waals surface area contributed by atoms with Crippen LogP contribution in [0.15, 0.2) is 18.5 Å². The van der Waals surface area contributed by atoms with E-state index in [1.807, 2.05) is 0 Å². The predicted octanol–water partition coefficient (Wildman–Crippen LogP) is 0.742. The van der Waals surface area contributed by atoms with Crippen molar-refractivity contribution in [2.45, 2.75) is 6.92 Å². The highest BCUT2D eigenvalue weighted by molar-refractivity contribution is 5.88. The zero-order valence-electron chi connectivity index (χ0n) is 9.95. The van der Waals surface area contributed by atoms with Crippen LogP contribution in [0.2, 0.25) is 0 Å². The zero-order chi connectivity index (χ0) is 13.8. The van der Waals surface area contributed by atoms with E-state index in [0.717, 1.165) is 0 Å². The van der Waals surface area contributed by atoms with Crippen LogP contribution in [0.3, 0.4) is 0 Å². The highest BCUT2D eigenvalue weighted by Crippen LogP contribution is 2.16. The van der Waals surface area contributed by atoms with E-state index >= 15 is 0 Å². The Morgan fingerprint density at radius 3 is 2.63 bits per heavy atom. The molecule has 0 unspecified atom stereocenters. The number of H-pyrrole nitrogens is 1. The molecule has 0 spiro atoms. The van der Waals surface area contributed by atoms with Crippen molar-refractivity contribution in [3.05, 3.63) is 30.0 Å². The first-order valence-electron chi connectivity index (χ1n) is 5.40. The summed E-state index contributed by atoms with van der Waals surface area (Å²) >= 11 is 0. The number of esters is 1. The lowest BCUT2D eigenvalue weighted by molar-refractivity contribution is 0.0519. The second kappa shape index (κ2) is 5.25. The fraction of sp³-hybridized carbons (Fsp3) is 0.182. The van der Waals surface area contributed by atoms with E-state index in [9.17, 15) is 9.59 Å². The molecular weight excluding hydrogens is 252 g/mol. The van der Waals surface area contributed by atoms with Crippen molar-refractivity contribution in [2.24, 2.45) is 0 Å². The zero-order valence-corrected chi connectivity index (χ0v) is 9.95. The maximum absolute atomic E-state index is 11.4. The van der Waals surface area contributed by atoms with E-state index in [0.29, 0.717) is 11.3 Å². The SMILES string of the molecule is CCOC(=O)c1cc(-c2cnc(C(=O)O)nc2)n[nH]1. The van der Waals surface area contributed by atoms with E-state index in [2.05, 4.69) is 20.2 Å². The highest BCUT2D eigenvalue weighted by Gasteiger charge is 2.13. The molecule has 2 N–H and O–H groups in total. The van der Waals surface area contributed by atoms with Crippen molar-refractivity contribution >= 4 is 11.9 Å². The van der Waals surface area contributed by atoms with Gasteiger partial charge in [-0.1, -0.05) is 0 Å². The topological polar surface area (TPSA) is 118 Å². The monoisotopic (exact) mass is 262 g/mol. The molecule has 0 aliphatic heterocycles. The summed E-state index contributed by atoms with van der Waals surface area (Å²) < 4.78 is 4.81. The number of carbonyl (C=O) groups excluding carboxylic acids is 1. The average Bonchev–Trinajstić information content (AvgIpc) is 2.89. The number of aromatic carboxylic acids is 1. The van der Waals surface area contributed by atoms with Crippen LogP contribution < -0.4 is 0 Å². The maximum Gasteiger partial charge on any atom is 0.373 e. The fourth-order valence-electron chi connectivity index (χ4n) is 1.35. The summed E-state index contributed by atoms with van der Waals surface area (Å²) in [5.41, 5.74) is 1.14. The Hall–Kier alpha value is -2.77. The van der Waals surface area contributed by atoms with Crippen LogP contribution in [0.5, 0.6) is 0 Å². The van der Waals surface area contributed by atoms with Gasteiger partial charge < -0.3 is 9.84 Å². The second-order valence-electron chi connectivity index (χ2n) is 3.49. The molecule has 98 valence electrons. The van der Waals surface area contributed by atoms with Gasteiger partial charge in [-0.05, 0) is 13.0 Å². The number of ether oxygens (including phenoxy) is 1. The van der Waals surface area contributed by atoms with Crippen LogP contribution in [0.25, 0.3) is 11.3 Å². The van der Waals surface area contributed by atoms with Gasteiger partial charge in [-0.25, -0.2) is 19.6 Å². The van der Waals surface area contributed by atoms with Gasteiger partial charge in [0.05, 0.1) is 12.3 Å². The molecule has 0 amide bonds. The molecular formula is C11H10N4O4. The van der Waals surface area contributed by atoms with E-state index in [1.165, 1.54) is 18.5 Å². The summed E-state index contributed by atoms with van der Waals surface area (Å²) in [7, 11) is 0. The molecule has 8 nitrogen and oxygen atoms in total. The average molecular weight is 262 g/mol. The van der Waals surface area contributed by atoms with E-state index in [-0.39, 0.29) is 18.1 Å². The minimum absolute atomic E-state index is 0.208. The molecule has 0 radical (unpaired) electrons. The number of rotatable bonds is 4. The maximum atomic E-state index is 11.4. The highest BCUT2D eigenvalue weighted by atomic mass is 16.5. The Morgan fingerprint density at radius 1 is 1.37 bits per heavy atom. The molecule has 0 saturated heterocycles. The largest absolute Gasteiger partial charge is 0.475 e. The van der Waals surface area contributed by atoms with Crippen molar-refractivity contribution in [1.29, 1.82) is 0 Å². The van der Waals surface area contributed by atoms with Gasteiger partial charge in [0.1, 0.15) is 5.69 Å². The van der Waals surface area contributed by atoms with Crippen molar-refractivity contribution in [2.75, 3.05) is 6.61 Å². The van der Waals surface area contributed by atoms with Gasteiger partial charge in [0.2, 0.25) is 5.82 Å². The predicted molar refractivity (Wildman–Crippen MR) is 62.5 cm³/mol. The Kier molecular flexibility index (Phi) is 3.51. The number of nitrogens with one attached hydrogen (secondary N) is 1. The summed E-state index contributed by atoms with van der Waals surface area (Å²) in [4.78, 5) is 29.4. The molecule has 2 aromatic heterocycles. The number of aromatic amines is 1. The Bertz CT molecular complexity index is 605. The first kappa shape index (κ1) is 12.7. The lowest BCUT2D eigenvalue weighted by atomic mass is 10.2. The summed E-state index contributed by atoms with van der Waals surface area (Å²) in [5, 5.41) is 15.1. The third kappa shape index (κ3) is 2.73. The summed E-state index contributed by atoms with van der Waals surface area (Å²) in [6, 6.07) is 1.48. The normalized spacial score (nSPS) is 10.2. The van der Waals surface area contributed by atoms with Crippen LogP contribution in [0, 0.1) is 0 Å². The number of carboxylic acids is 1. The molecule has 19 heavy (non-hydrogen) atoms. The number of nitrogens with zero attached hydrogens (tertiary/aromatic N) is 3. The first-order valence-corrected chi connectivity index (χ1v) is 5.40. The summed E-state index contributed by atoms with van der Waals surface area (Å²) in [6.45, 7) is 1.97. The van der Waals surface area contributed by atoms with Gasteiger partial charge in [0.25, 0.3) is 0 Å². The minimum Gasteiger partial charge on any atom is -0.475 e. The number of carboxylic acid groups (broad SMARTS) is 1. The molecule has 2 aromatic rings. The fourth-order valence-corrected chi connectivity index (χ4v) is 1.35. The van der Waals surface area contributed by atoms with Gasteiger partial charge in [-0.15, -0.1) is 0 Å². The standard InChI is InChI=1S/C11H10N4O4/c1-2-19-11(18)8-3-7(14-15-8)6-4-12-9(10(16)17)13-5-6/h3-5H,2H2,1H3,(H,14,15)(H,16,17). The number of hydrogen-bond donors (Lipinski definition) is 2. The first-order chi connectivity index (χ1) is 9.11. The number of carbonyl (C=O) groups is 2. The molecule has 2 rings (SSSR count). The van der Waals surface area contributed by atoms with Gasteiger partial charge in [-0.2, -0.15) is 5.10 Å². The van der Waals surface area contributed by atoms with Crippen molar-refractivity contribution < 1.29 is 19.4 Å². The second-order valence-corrected chi connectivity index (χ2v) is 3.49. The van der Waals surface area contributed by atoms with Crippen molar-refractivity contribution in [3.63, 3.8) is 0 Å². The van der Waals surface area contributed by atoms with Crippen LogP contribution in [0.4, 0.5) is 0 Å². The Balaban J connectivity index is 2.23. The Labute approximate surface area is 107 Å². The van der Waals surface area contributed by atoms with E-state index in [1.54, 1.807) is 6.92 Å². The lowest BCUT2D eigenvalue weighted by Crippen LogP contribution is -2.04. The summed E-state index contributed by atoms with van der Waals surface area (Å²) in [6.07, 6.45) is 2.64. The third-order valence-electron chi connectivity index (χ3n) is 2.21. The minimum atomic E-state index is -1.21. The molecule has 2 heterocycles. The molecule has 0 atom stereocenters. The van der Waals surface area contributed by atoms with Crippen molar-refractivity contribution in [3.8, 4) is 11.3 Å². The van der Waals surface area contributed by atoms with Crippen LogP contribution in [0.1, 0.15) is 28.0 Å². The van der Waals surface area contributed by atoms with E-state index in [4.69, 9.17) is 9.84 Å². The molecule has 0 aliphatic carbocycles. The molecule has 8 heteroatoms. The van der Waals surface area contributed by atoms with E-state index < -0.39 is 11.9 Å². The molecule has 0 fully saturated rings. The van der Waals surface area contributed by atoms with Crippen LogP contribution in [-0.4, -0.2) is 43.8 Å². The number of hydrogen-bond acceptors (Lipinski definition) is 6. The lowest BCUT2D eigenvalue weighted by Gasteiger charge is -1.96. The Morgan fingerprint density at radius 2 is 2.05 bits per heavy atom. The van der Waals surface area contributed by atoms with Crippen molar-refractivity contribution in [1.82, 2.24) is 20.2 Å². The van der Waals surface area contributed by atoms with Gasteiger partial charge in [0.15, 0.2) is 0 Å². The van der Waals surface area contributed by atoms with Crippen LogP contribution in [-0.2, 0) is 4.74 Å². The molecule has 0 aromatic carbocycles. The smallest absolute Gasteiger partial charge is 0.373 e. The number of aromatic nitrogens is 4.